The number of nitrogens with zero attached hydrogens (tertiary/aromatic N) is 1. The van der Waals surface area contributed by atoms with Crippen LogP contribution in [0.1, 0.15) is 6.92 Å². The molecule has 0 fully saturated rings. The number of pyridine rings is 1. The van der Waals surface area contributed by atoms with Crippen molar-refractivity contribution < 1.29 is 13.2 Å². The van der Waals surface area contributed by atoms with Crippen LogP contribution in [0.4, 0.5) is 0 Å². The fourth-order valence-corrected chi connectivity index (χ4v) is 3.65. The van der Waals surface area contributed by atoms with Crippen LogP contribution < -0.4 is 10.5 Å². The second kappa shape index (κ2) is 5.58. The molecule has 1 aromatic rings. The normalized spacial score (nSPS) is 13.3. The molecule has 1 unspecified atom stereocenters. The molecule has 1 atom stereocenters. The van der Waals surface area contributed by atoms with Crippen molar-refractivity contribution in [1.82, 2.24) is 9.71 Å². The molecule has 18 heavy (non-hydrogen) atoms. The van der Waals surface area contributed by atoms with Gasteiger partial charge < -0.3 is 5.73 Å². The first kappa shape index (κ1) is 15.5. The zero-order valence-corrected chi connectivity index (χ0v) is 12.0. The molecule has 0 aliphatic rings. The monoisotopic (exact) mass is 331 g/mol. The van der Waals surface area contributed by atoms with Crippen LogP contribution in [0.25, 0.3) is 0 Å². The molecule has 6 nitrogen and oxygen atoms in total. The molecule has 10 heteroatoms. The quantitative estimate of drug-likeness (QED) is 0.808. The number of carbonyl (C=O) groups is 1. The molecule has 0 saturated carbocycles. The van der Waals surface area contributed by atoms with E-state index >= 15 is 0 Å². The van der Waals surface area contributed by atoms with Crippen molar-refractivity contribution in [3.63, 3.8) is 0 Å². The van der Waals surface area contributed by atoms with E-state index in [1.54, 1.807) is 0 Å². The van der Waals surface area contributed by atoms with Crippen molar-refractivity contribution in [3.05, 3.63) is 21.4 Å². The number of hydrogen-bond donors (Lipinski definition) is 2. The van der Waals surface area contributed by atoms with E-state index < -0.39 is 32.0 Å². The Balaban J connectivity index is 3.25. The summed E-state index contributed by atoms with van der Waals surface area (Å²) in [6, 6.07) is 0.0104. The summed E-state index contributed by atoms with van der Waals surface area (Å²) in [5, 5.41) is -0.646. The molecule has 0 saturated heterocycles. The van der Waals surface area contributed by atoms with Crippen LogP contribution in [-0.2, 0) is 14.8 Å². The van der Waals surface area contributed by atoms with Gasteiger partial charge in [-0.3, -0.25) is 4.79 Å². The molecule has 100 valence electrons. The van der Waals surface area contributed by atoms with Gasteiger partial charge in [0.25, 0.3) is 0 Å². The van der Waals surface area contributed by atoms with Gasteiger partial charge in [0.15, 0.2) is 5.15 Å². The lowest BCUT2D eigenvalue weighted by Crippen LogP contribution is -2.42. The highest BCUT2D eigenvalue weighted by molar-refractivity contribution is 7.89. The molecular weight excluding hydrogens is 325 g/mol. The van der Waals surface area contributed by atoms with E-state index in [4.69, 9.17) is 40.5 Å². The first-order valence-electron chi connectivity index (χ1n) is 4.48. The molecule has 3 N–H and O–H groups in total. The van der Waals surface area contributed by atoms with Crippen LogP contribution in [0.15, 0.2) is 11.0 Å². The van der Waals surface area contributed by atoms with Gasteiger partial charge in [-0.15, -0.1) is 0 Å². The minimum atomic E-state index is -4.12. The summed E-state index contributed by atoms with van der Waals surface area (Å²) >= 11 is 17.0. The SMILES string of the molecule is CC(NS(=O)(=O)c1c(Cl)cc(Cl)nc1Cl)C(N)=O. The van der Waals surface area contributed by atoms with Crippen molar-refractivity contribution in [2.45, 2.75) is 17.9 Å². The average Bonchev–Trinajstić information content (AvgIpc) is 2.13. The highest BCUT2D eigenvalue weighted by Crippen LogP contribution is 2.30. The van der Waals surface area contributed by atoms with Crippen LogP contribution in [0, 0.1) is 0 Å². The van der Waals surface area contributed by atoms with Crippen LogP contribution in [0.2, 0.25) is 15.3 Å². The van der Waals surface area contributed by atoms with Crippen LogP contribution in [0.3, 0.4) is 0 Å². The van der Waals surface area contributed by atoms with Crippen molar-refractivity contribution in [1.29, 1.82) is 0 Å². The average molecular weight is 333 g/mol. The second-order valence-electron chi connectivity index (χ2n) is 3.29. The Bertz CT molecular complexity index is 567. The van der Waals surface area contributed by atoms with Gasteiger partial charge in [0.05, 0.1) is 11.1 Å². The maximum Gasteiger partial charge on any atom is 0.245 e. The van der Waals surface area contributed by atoms with Gasteiger partial charge in [-0.2, -0.15) is 4.72 Å². The summed E-state index contributed by atoms with van der Waals surface area (Å²) in [6.07, 6.45) is 0. The fourth-order valence-electron chi connectivity index (χ4n) is 1.03. The first-order chi connectivity index (χ1) is 8.15. The highest BCUT2D eigenvalue weighted by atomic mass is 35.5. The Kier molecular flexibility index (Phi) is 4.79. The predicted octanol–water partition coefficient (Wildman–Crippen LogP) is 1.19. The van der Waals surface area contributed by atoms with E-state index in [1.165, 1.54) is 6.92 Å². The van der Waals surface area contributed by atoms with Crippen molar-refractivity contribution in [2.75, 3.05) is 0 Å². The van der Waals surface area contributed by atoms with Gasteiger partial charge in [0, 0.05) is 0 Å². The highest BCUT2D eigenvalue weighted by Gasteiger charge is 2.26. The van der Waals surface area contributed by atoms with E-state index in [2.05, 4.69) is 4.98 Å². The molecule has 0 radical (unpaired) electrons. The smallest absolute Gasteiger partial charge is 0.245 e. The second-order valence-corrected chi connectivity index (χ2v) is 6.10. The van der Waals surface area contributed by atoms with E-state index in [1.807, 2.05) is 4.72 Å². The number of halogens is 3. The summed E-state index contributed by atoms with van der Waals surface area (Å²) in [6.45, 7) is 1.28. The minimum Gasteiger partial charge on any atom is -0.368 e. The molecule has 0 aromatic carbocycles. The molecular formula is C8H8Cl3N3O3S. The summed E-state index contributed by atoms with van der Waals surface area (Å²) in [4.78, 5) is 13.9. The molecule has 1 rings (SSSR count). The maximum atomic E-state index is 11.9. The number of aromatic nitrogens is 1. The Labute approximate surface area is 118 Å². The number of amides is 1. The number of sulfonamides is 1. The Hall–Kier alpha value is -0.600. The number of nitrogens with two attached hydrogens (primary N) is 1. The fraction of sp³-hybridized carbons (Fsp3) is 0.250. The number of nitrogens with one attached hydrogen (secondary N) is 1. The zero-order valence-electron chi connectivity index (χ0n) is 8.95. The molecule has 1 amide bonds. The molecule has 1 aromatic heterocycles. The van der Waals surface area contributed by atoms with E-state index in [-0.39, 0.29) is 10.2 Å². The first-order valence-corrected chi connectivity index (χ1v) is 7.10. The number of carbonyl (C=O) groups excluding carboxylic acids is 1. The Morgan fingerprint density at radius 2 is 2.00 bits per heavy atom. The van der Waals surface area contributed by atoms with Crippen molar-refractivity contribution in [3.8, 4) is 0 Å². The lowest BCUT2D eigenvalue weighted by molar-refractivity contribution is -0.119. The molecule has 0 aliphatic carbocycles. The van der Waals surface area contributed by atoms with Gasteiger partial charge >= 0.3 is 0 Å². The lowest BCUT2D eigenvalue weighted by Gasteiger charge is -2.12. The Morgan fingerprint density at radius 3 is 2.44 bits per heavy atom. The van der Waals surface area contributed by atoms with E-state index in [9.17, 15) is 13.2 Å². The number of primary amides is 1. The zero-order chi connectivity index (χ0) is 14.1. The van der Waals surface area contributed by atoms with Crippen LogP contribution in [0.5, 0.6) is 0 Å². The van der Waals surface area contributed by atoms with Crippen LogP contribution >= 0.6 is 34.8 Å². The summed E-state index contributed by atoms with van der Waals surface area (Å²) in [5.74, 6) is -0.840. The van der Waals surface area contributed by atoms with Crippen LogP contribution in [-0.4, -0.2) is 25.4 Å². The third kappa shape index (κ3) is 3.46. The minimum absolute atomic E-state index is 0.0492. The maximum absolute atomic E-state index is 11.9. The third-order valence-electron chi connectivity index (χ3n) is 1.88. The molecule has 0 spiro atoms. The summed E-state index contributed by atoms with van der Waals surface area (Å²) in [5.41, 5.74) is 4.95. The van der Waals surface area contributed by atoms with E-state index in [0.717, 1.165) is 6.07 Å². The molecule has 1 heterocycles. The third-order valence-corrected chi connectivity index (χ3v) is 4.49. The predicted molar refractivity (Wildman–Crippen MR) is 68.2 cm³/mol. The largest absolute Gasteiger partial charge is 0.368 e. The van der Waals surface area contributed by atoms with Gasteiger partial charge in [0.2, 0.25) is 15.9 Å². The van der Waals surface area contributed by atoms with Gasteiger partial charge in [-0.05, 0) is 13.0 Å². The van der Waals surface area contributed by atoms with Gasteiger partial charge in [0.1, 0.15) is 10.0 Å². The summed E-state index contributed by atoms with van der Waals surface area (Å²) in [7, 11) is -4.12. The number of hydrogen-bond acceptors (Lipinski definition) is 4. The lowest BCUT2D eigenvalue weighted by atomic mass is 10.4. The van der Waals surface area contributed by atoms with Gasteiger partial charge in [-0.1, -0.05) is 34.8 Å². The van der Waals surface area contributed by atoms with Gasteiger partial charge in [-0.25, -0.2) is 13.4 Å². The van der Waals surface area contributed by atoms with Crippen molar-refractivity contribution >= 4 is 50.7 Å². The standard InChI is InChI=1S/C8H8Cl3N3O3S/c1-3(8(12)15)14-18(16,17)6-4(9)2-5(10)13-7(6)11/h2-3,14H,1H3,(H2,12,15). The van der Waals surface area contributed by atoms with Crippen molar-refractivity contribution in [2.24, 2.45) is 5.73 Å². The molecule has 0 aliphatic heterocycles. The molecule has 0 bridgehead atoms. The summed E-state index contributed by atoms with van der Waals surface area (Å²) < 4.78 is 25.9. The topological polar surface area (TPSA) is 102 Å². The van der Waals surface area contributed by atoms with E-state index in [0.29, 0.717) is 0 Å². The number of rotatable bonds is 4. The Morgan fingerprint density at radius 1 is 1.44 bits per heavy atom.